The van der Waals surface area contributed by atoms with Crippen molar-refractivity contribution in [2.45, 2.75) is 38.6 Å². The Morgan fingerprint density at radius 2 is 2.25 bits per heavy atom. The number of hydrogen-bond donors (Lipinski definition) is 1. The fourth-order valence-corrected chi connectivity index (χ4v) is 3.08. The summed E-state index contributed by atoms with van der Waals surface area (Å²) in [6, 6.07) is 6.33. The third-order valence-corrected chi connectivity index (χ3v) is 4.30. The van der Waals surface area contributed by atoms with Gasteiger partial charge in [-0.3, -0.25) is 9.48 Å². The summed E-state index contributed by atoms with van der Waals surface area (Å²) < 4.78 is 21.2. The van der Waals surface area contributed by atoms with Crippen LogP contribution < -0.4 is 10.1 Å². The number of nitrogens with zero attached hydrogens (tertiary/aromatic N) is 2. The zero-order valence-electron chi connectivity index (χ0n) is 14.2. The van der Waals surface area contributed by atoms with Gasteiger partial charge in [0, 0.05) is 18.3 Å². The highest BCUT2D eigenvalue weighted by molar-refractivity contribution is 5.92. The van der Waals surface area contributed by atoms with Crippen LogP contribution in [0.3, 0.4) is 0 Å². The van der Waals surface area contributed by atoms with Gasteiger partial charge < -0.3 is 10.1 Å². The SMILES string of the molecule is CC(C)c1cc(C(=O)NC2CCCOc3c(F)cccc32)nn1C. The summed E-state index contributed by atoms with van der Waals surface area (Å²) in [5, 5.41) is 7.27. The molecule has 0 radical (unpaired) electrons. The van der Waals surface area contributed by atoms with Crippen molar-refractivity contribution < 1.29 is 13.9 Å². The summed E-state index contributed by atoms with van der Waals surface area (Å²) in [6.07, 6.45) is 1.45. The molecule has 128 valence electrons. The Bertz CT molecular complexity index is 755. The van der Waals surface area contributed by atoms with Gasteiger partial charge in [0.05, 0.1) is 12.6 Å². The molecule has 2 aromatic rings. The number of para-hydroxylation sites is 1. The van der Waals surface area contributed by atoms with Crippen LogP contribution in [-0.4, -0.2) is 22.3 Å². The largest absolute Gasteiger partial charge is 0.490 e. The average Bonchev–Trinajstić information content (AvgIpc) is 2.81. The van der Waals surface area contributed by atoms with Crippen molar-refractivity contribution in [3.05, 3.63) is 47.0 Å². The number of aromatic nitrogens is 2. The molecule has 24 heavy (non-hydrogen) atoms. The highest BCUT2D eigenvalue weighted by atomic mass is 19.1. The summed E-state index contributed by atoms with van der Waals surface area (Å²) in [5.74, 6) is -0.123. The maximum atomic E-state index is 14.0. The molecule has 1 amide bonds. The lowest BCUT2D eigenvalue weighted by molar-refractivity contribution is 0.0929. The molecule has 0 saturated heterocycles. The Morgan fingerprint density at radius 3 is 2.96 bits per heavy atom. The van der Waals surface area contributed by atoms with Crippen molar-refractivity contribution in [1.29, 1.82) is 0 Å². The molecule has 6 heteroatoms. The number of fused-ring (bicyclic) bond motifs is 1. The van der Waals surface area contributed by atoms with E-state index >= 15 is 0 Å². The number of rotatable bonds is 3. The minimum absolute atomic E-state index is 0.240. The zero-order chi connectivity index (χ0) is 17.3. The fourth-order valence-electron chi connectivity index (χ4n) is 3.08. The van der Waals surface area contributed by atoms with Gasteiger partial charge in [0.2, 0.25) is 0 Å². The molecular weight excluding hydrogens is 309 g/mol. The van der Waals surface area contributed by atoms with E-state index in [1.165, 1.54) is 6.07 Å². The second-order valence-electron chi connectivity index (χ2n) is 6.41. The molecule has 3 rings (SSSR count). The van der Waals surface area contributed by atoms with Gasteiger partial charge in [-0.15, -0.1) is 0 Å². The van der Waals surface area contributed by atoms with E-state index in [4.69, 9.17) is 4.74 Å². The molecule has 1 N–H and O–H groups in total. The van der Waals surface area contributed by atoms with Crippen molar-refractivity contribution in [2.24, 2.45) is 7.05 Å². The van der Waals surface area contributed by atoms with E-state index in [9.17, 15) is 9.18 Å². The molecule has 1 aliphatic rings. The van der Waals surface area contributed by atoms with E-state index in [-0.39, 0.29) is 23.6 Å². The number of benzene rings is 1. The Balaban J connectivity index is 1.85. The summed E-state index contributed by atoms with van der Waals surface area (Å²) in [4.78, 5) is 12.6. The lowest BCUT2D eigenvalue weighted by Gasteiger charge is -2.18. The third kappa shape index (κ3) is 3.13. The number of ether oxygens (including phenoxy) is 1. The van der Waals surface area contributed by atoms with Crippen LogP contribution in [0.1, 0.15) is 60.4 Å². The maximum absolute atomic E-state index is 14.0. The molecule has 0 aliphatic carbocycles. The van der Waals surface area contributed by atoms with Gasteiger partial charge in [0.25, 0.3) is 5.91 Å². The monoisotopic (exact) mass is 331 g/mol. The highest BCUT2D eigenvalue weighted by Gasteiger charge is 2.25. The molecule has 0 bridgehead atoms. The topological polar surface area (TPSA) is 56.1 Å². The second kappa shape index (κ2) is 6.63. The van der Waals surface area contributed by atoms with Crippen LogP contribution in [-0.2, 0) is 7.05 Å². The van der Waals surface area contributed by atoms with Crippen LogP contribution in [0.5, 0.6) is 5.75 Å². The average molecular weight is 331 g/mol. The van der Waals surface area contributed by atoms with E-state index in [0.717, 1.165) is 12.1 Å². The quantitative estimate of drug-likeness (QED) is 0.938. The van der Waals surface area contributed by atoms with Gasteiger partial charge in [-0.1, -0.05) is 26.0 Å². The van der Waals surface area contributed by atoms with E-state index in [1.54, 1.807) is 22.9 Å². The molecule has 1 atom stereocenters. The highest BCUT2D eigenvalue weighted by Crippen LogP contribution is 2.33. The first-order chi connectivity index (χ1) is 11.5. The van der Waals surface area contributed by atoms with Crippen LogP contribution in [0.4, 0.5) is 4.39 Å². The van der Waals surface area contributed by atoms with Crippen molar-refractivity contribution in [3.8, 4) is 5.75 Å². The van der Waals surface area contributed by atoms with E-state index < -0.39 is 5.82 Å². The van der Waals surface area contributed by atoms with E-state index in [0.29, 0.717) is 24.3 Å². The van der Waals surface area contributed by atoms with Crippen LogP contribution >= 0.6 is 0 Å². The number of nitrogens with one attached hydrogen (secondary N) is 1. The standard InChI is InChI=1S/C18H22FN3O2/c1-11(2)16-10-15(21-22(16)3)18(23)20-14-8-5-9-24-17-12(14)6-4-7-13(17)19/h4,6-7,10-11,14H,5,8-9H2,1-3H3,(H,20,23). The Labute approximate surface area is 140 Å². The molecule has 1 aliphatic heterocycles. The Kier molecular flexibility index (Phi) is 4.55. The lowest BCUT2D eigenvalue weighted by atomic mass is 10.0. The Hall–Kier alpha value is -2.37. The summed E-state index contributed by atoms with van der Waals surface area (Å²) in [7, 11) is 1.83. The minimum Gasteiger partial charge on any atom is -0.490 e. The number of carbonyl (C=O) groups excluding carboxylic acids is 1. The van der Waals surface area contributed by atoms with Gasteiger partial charge >= 0.3 is 0 Å². The first-order valence-corrected chi connectivity index (χ1v) is 8.23. The molecule has 0 saturated carbocycles. The minimum atomic E-state index is -0.395. The second-order valence-corrected chi connectivity index (χ2v) is 6.41. The van der Waals surface area contributed by atoms with Crippen LogP contribution in [0, 0.1) is 5.82 Å². The smallest absolute Gasteiger partial charge is 0.272 e. The van der Waals surface area contributed by atoms with Crippen molar-refractivity contribution in [1.82, 2.24) is 15.1 Å². The van der Waals surface area contributed by atoms with Crippen LogP contribution in [0.15, 0.2) is 24.3 Å². The number of carbonyl (C=O) groups is 1. The summed E-state index contributed by atoms with van der Waals surface area (Å²) in [5.41, 5.74) is 2.06. The van der Waals surface area contributed by atoms with Gasteiger partial charge in [-0.05, 0) is 30.9 Å². The molecule has 2 heterocycles. The van der Waals surface area contributed by atoms with Crippen LogP contribution in [0.2, 0.25) is 0 Å². The predicted octanol–water partition coefficient (Wildman–Crippen LogP) is 3.33. The molecule has 0 spiro atoms. The first kappa shape index (κ1) is 16.5. The molecule has 1 aromatic carbocycles. The Morgan fingerprint density at radius 1 is 1.46 bits per heavy atom. The summed E-state index contributed by atoms with van der Waals surface area (Å²) >= 11 is 0. The summed E-state index contributed by atoms with van der Waals surface area (Å²) in [6.45, 7) is 4.56. The van der Waals surface area contributed by atoms with Gasteiger partial charge in [0.1, 0.15) is 5.69 Å². The molecule has 5 nitrogen and oxygen atoms in total. The normalized spacial score (nSPS) is 17.1. The van der Waals surface area contributed by atoms with Crippen molar-refractivity contribution >= 4 is 5.91 Å². The molecular formula is C18H22FN3O2. The molecule has 1 aromatic heterocycles. The molecule has 1 unspecified atom stereocenters. The number of aryl methyl sites for hydroxylation is 1. The first-order valence-electron chi connectivity index (χ1n) is 8.23. The number of halogens is 1. The fraction of sp³-hybridized carbons (Fsp3) is 0.444. The van der Waals surface area contributed by atoms with Crippen LogP contribution in [0.25, 0.3) is 0 Å². The van der Waals surface area contributed by atoms with Crippen molar-refractivity contribution in [3.63, 3.8) is 0 Å². The lowest BCUT2D eigenvalue weighted by Crippen LogP contribution is -2.28. The maximum Gasteiger partial charge on any atom is 0.272 e. The third-order valence-electron chi connectivity index (χ3n) is 4.30. The number of hydrogen-bond acceptors (Lipinski definition) is 3. The predicted molar refractivity (Wildman–Crippen MR) is 88.6 cm³/mol. The van der Waals surface area contributed by atoms with Gasteiger partial charge in [-0.2, -0.15) is 5.10 Å². The van der Waals surface area contributed by atoms with Gasteiger partial charge in [0.15, 0.2) is 11.6 Å². The molecule has 0 fully saturated rings. The van der Waals surface area contributed by atoms with E-state index in [1.807, 2.05) is 7.05 Å². The van der Waals surface area contributed by atoms with Crippen molar-refractivity contribution in [2.75, 3.05) is 6.61 Å². The van der Waals surface area contributed by atoms with E-state index in [2.05, 4.69) is 24.3 Å². The zero-order valence-corrected chi connectivity index (χ0v) is 14.2. The van der Waals surface area contributed by atoms with Gasteiger partial charge in [-0.25, -0.2) is 4.39 Å². The number of amides is 1.